The van der Waals surface area contributed by atoms with E-state index in [0.717, 1.165) is 12.8 Å². The van der Waals surface area contributed by atoms with E-state index >= 15 is 0 Å². The first-order chi connectivity index (χ1) is 9.52. The summed E-state index contributed by atoms with van der Waals surface area (Å²) in [6.07, 6.45) is 4.67. The van der Waals surface area contributed by atoms with Crippen molar-refractivity contribution < 1.29 is 19.1 Å². The van der Waals surface area contributed by atoms with Crippen LogP contribution >= 0.6 is 0 Å². The molecule has 0 atom stereocenters. The molecule has 5 nitrogen and oxygen atoms in total. The maximum Gasteiger partial charge on any atom is 0.326 e. The van der Waals surface area contributed by atoms with Crippen LogP contribution in [0.1, 0.15) is 46.5 Å². The van der Waals surface area contributed by atoms with Crippen molar-refractivity contribution in [2.75, 3.05) is 19.8 Å². The third kappa shape index (κ3) is 6.70. The van der Waals surface area contributed by atoms with E-state index in [0.29, 0.717) is 19.4 Å². The second kappa shape index (κ2) is 10.4. The van der Waals surface area contributed by atoms with Crippen LogP contribution in [-0.4, -0.2) is 37.2 Å². The van der Waals surface area contributed by atoms with Crippen LogP contribution in [0, 0.1) is 0 Å². The summed E-state index contributed by atoms with van der Waals surface area (Å²) in [5, 5.41) is 3.21. The zero-order valence-electron chi connectivity index (χ0n) is 12.9. The van der Waals surface area contributed by atoms with Gasteiger partial charge in [-0.2, -0.15) is 0 Å². The van der Waals surface area contributed by atoms with Crippen molar-refractivity contribution in [2.45, 2.75) is 52.0 Å². The molecular formula is C15H27NO4. The molecule has 0 saturated carbocycles. The Morgan fingerprint density at radius 1 is 1.20 bits per heavy atom. The molecule has 1 N–H and O–H groups in total. The fourth-order valence-corrected chi connectivity index (χ4v) is 2.19. The van der Waals surface area contributed by atoms with Crippen LogP contribution in [0.3, 0.4) is 0 Å². The molecule has 0 radical (unpaired) electrons. The minimum absolute atomic E-state index is 0.208. The van der Waals surface area contributed by atoms with Crippen molar-refractivity contribution in [1.82, 2.24) is 5.32 Å². The zero-order valence-corrected chi connectivity index (χ0v) is 12.9. The maximum absolute atomic E-state index is 12.3. The number of hydrogen-bond acceptors (Lipinski definition) is 5. The monoisotopic (exact) mass is 285 g/mol. The predicted molar refractivity (Wildman–Crippen MR) is 78.3 cm³/mol. The molecule has 0 fully saturated rings. The molecule has 0 heterocycles. The zero-order chi connectivity index (χ0) is 15.4. The Hall–Kier alpha value is -1.36. The van der Waals surface area contributed by atoms with E-state index in [1.165, 1.54) is 6.92 Å². The van der Waals surface area contributed by atoms with Crippen molar-refractivity contribution in [3.05, 3.63) is 12.7 Å². The summed E-state index contributed by atoms with van der Waals surface area (Å²) in [5.74, 6) is -0.582. The van der Waals surface area contributed by atoms with Crippen molar-refractivity contribution in [2.24, 2.45) is 0 Å². The van der Waals surface area contributed by atoms with Crippen LogP contribution in [-0.2, 0) is 19.1 Å². The molecular weight excluding hydrogens is 258 g/mol. The number of carbonyl (C=O) groups excluding carboxylic acids is 2. The third-order valence-corrected chi connectivity index (χ3v) is 2.95. The van der Waals surface area contributed by atoms with Gasteiger partial charge in [0, 0.05) is 13.5 Å². The third-order valence-electron chi connectivity index (χ3n) is 2.95. The number of nitrogens with one attached hydrogen (secondary N) is 1. The Morgan fingerprint density at radius 3 is 2.25 bits per heavy atom. The van der Waals surface area contributed by atoms with Crippen LogP contribution < -0.4 is 5.32 Å². The molecule has 0 aromatic rings. The first-order valence-corrected chi connectivity index (χ1v) is 7.19. The highest BCUT2D eigenvalue weighted by Crippen LogP contribution is 2.21. The predicted octanol–water partition coefficient (Wildman–Crippen LogP) is 2.21. The molecule has 0 saturated heterocycles. The van der Waals surface area contributed by atoms with Gasteiger partial charge in [0.15, 0.2) is 0 Å². The molecule has 0 bridgehead atoms. The van der Waals surface area contributed by atoms with E-state index in [-0.39, 0.29) is 25.2 Å². The lowest BCUT2D eigenvalue weighted by atomic mass is 9.88. The van der Waals surface area contributed by atoms with Crippen molar-refractivity contribution in [1.29, 1.82) is 0 Å². The Balaban J connectivity index is 4.67. The Bertz CT molecular complexity index is 309. The van der Waals surface area contributed by atoms with Crippen LogP contribution in [0.2, 0.25) is 0 Å². The number of ether oxygens (including phenoxy) is 2. The fourth-order valence-electron chi connectivity index (χ4n) is 2.19. The minimum atomic E-state index is -0.702. The molecule has 0 spiro atoms. The lowest BCUT2D eigenvalue weighted by Crippen LogP contribution is -2.54. The molecule has 0 aliphatic heterocycles. The van der Waals surface area contributed by atoms with Gasteiger partial charge in [-0.05, 0) is 12.8 Å². The largest absolute Gasteiger partial charge is 0.465 e. The van der Waals surface area contributed by atoms with Gasteiger partial charge < -0.3 is 9.47 Å². The van der Waals surface area contributed by atoms with Crippen LogP contribution in [0.25, 0.3) is 0 Å². The molecule has 0 aliphatic rings. The summed E-state index contributed by atoms with van der Waals surface area (Å²) in [4.78, 5) is 23.0. The summed E-state index contributed by atoms with van der Waals surface area (Å²) in [5.41, 5.74) is -0.702. The van der Waals surface area contributed by atoms with E-state index in [1.54, 1.807) is 6.08 Å². The normalized spacial score (nSPS) is 10.9. The fraction of sp³-hybridized carbons (Fsp3) is 0.733. The molecule has 0 amide bonds. The highest BCUT2D eigenvalue weighted by Gasteiger charge is 2.37. The second-order valence-corrected chi connectivity index (χ2v) is 4.74. The van der Waals surface area contributed by atoms with Gasteiger partial charge in [-0.3, -0.25) is 14.9 Å². The molecule has 0 rings (SSSR count). The first-order valence-electron chi connectivity index (χ1n) is 7.19. The van der Waals surface area contributed by atoms with E-state index in [9.17, 15) is 9.59 Å². The molecule has 0 aromatic carbocycles. The van der Waals surface area contributed by atoms with Gasteiger partial charge in [0.1, 0.15) is 18.8 Å². The summed E-state index contributed by atoms with van der Waals surface area (Å²) >= 11 is 0. The summed E-state index contributed by atoms with van der Waals surface area (Å²) in [6.45, 7) is 9.86. The maximum atomic E-state index is 12.3. The average Bonchev–Trinajstić information content (AvgIpc) is 2.41. The van der Waals surface area contributed by atoms with Gasteiger partial charge in [-0.15, -0.1) is 0 Å². The Labute approximate surface area is 121 Å². The molecule has 0 unspecified atom stereocenters. The van der Waals surface area contributed by atoms with Crippen LogP contribution in [0.15, 0.2) is 12.7 Å². The van der Waals surface area contributed by atoms with Crippen molar-refractivity contribution >= 4 is 11.9 Å². The smallest absolute Gasteiger partial charge is 0.326 e. The molecule has 5 heteroatoms. The average molecular weight is 285 g/mol. The van der Waals surface area contributed by atoms with Gasteiger partial charge in [-0.25, -0.2) is 0 Å². The standard InChI is InChI=1S/C15H27NO4/c1-5-8-15(9-6-2,14(18)20-11-7-3)16-10-12-19-13(4)17/h7,16H,3,5-6,8-12H2,1-2,4H3. The molecule has 0 aromatic heterocycles. The summed E-state index contributed by atoms with van der Waals surface area (Å²) in [6, 6.07) is 0. The lowest BCUT2D eigenvalue weighted by Gasteiger charge is -2.32. The number of carbonyl (C=O) groups is 2. The number of esters is 2. The summed E-state index contributed by atoms with van der Waals surface area (Å²) in [7, 11) is 0. The van der Waals surface area contributed by atoms with E-state index < -0.39 is 5.54 Å². The van der Waals surface area contributed by atoms with Gasteiger partial charge >= 0.3 is 11.9 Å². The van der Waals surface area contributed by atoms with Gasteiger partial charge in [-0.1, -0.05) is 39.3 Å². The quantitative estimate of drug-likeness (QED) is 0.358. The molecule has 0 aliphatic carbocycles. The Morgan fingerprint density at radius 2 is 1.80 bits per heavy atom. The highest BCUT2D eigenvalue weighted by molar-refractivity contribution is 5.81. The lowest BCUT2D eigenvalue weighted by molar-refractivity contribution is -0.151. The van der Waals surface area contributed by atoms with Gasteiger partial charge in [0.2, 0.25) is 0 Å². The SMILES string of the molecule is C=CCOC(=O)C(CCC)(CCC)NCCOC(C)=O. The second-order valence-electron chi connectivity index (χ2n) is 4.74. The topological polar surface area (TPSA) is 64.6 Å². The Kier molecular flexibility index (Phi) is 9.72. The van der Waals surface area contributed by atoms with Crippen LogP contribution in [0.4, 0.5) is 0 Å². The van der Waals surface area contributed by atoms with Crippen molar-refractivity contribution in [3.8, 4) is 0 Å². The van der Waals surface area contributed by atoms with Gasteiger partial charge in [0.25, 0.3) is 0 Å². The minimum Gasteiger partial charge on any atom is -0.465 e. The highest BCUT2D eigenvalue weighted by atomic mass is 16.5. The molecule has 20 heavy (non-hydrogen) atoms. The van der Waals surface area contributed by atoms with E-state index in [1.807, 2.05) is 13.8 Å². The summed E-state index contributed by atoms with van der Waals surface area (Å²) < 4.78 is 10.1. The van der Waals surface area contributed by atoms with E-state index in [4.69, 9.17) is 9.47 Å². The van der Waals surface area contributed by atoms with E-state index in [2.05, 4.69) is 11.9 Å². The van der Waals surface area contributed by atoms with Crippen LogP contribution in [0.5, 0.6) is 0 Å². The molecule has 116 valence electrons. The van der Waals surface area contributed by atoms with Crippen molar-refractivity contribution in [3.63, 3.8) is 0 Å². The first kappa shape index (κ1) is 18.6. The number of hydrogen-bond donors (Lipinski definition) is 1. The van der Waals surface area contributed by atoms with Gasteiger partial charge in [0.05, 0.1) is 0 Å². The number of rotatable bonds is 11.